The lowest BCUT2D eigenvalue weighted by Gasteiger charge is -2.16. The van der Waals surface area contributed by atoms with Crippen molar-refractivity contribution in [1.29, 1.82) is 0 Å². The molecule has 0 aliphatic carbocycles. The van der Waals surface area contributed by atoms with Crippen molar-refractivity contribution in [3.8, 4) is 11.5 Å². The zero-order valence-corrected chi connectivity index (χ0v) is 13.8. The Kier molecular flexibility index (Phi) is 6.78. The Hall–Kier alpha value is -2.37. The summed E-state index contributed by atoms with van der Waals surface area (Å²) in [6.07, 6.45) is 3.10. The predicted octanol–water partition coefficient (Wildman–Crippen LogP) is 3.18. The molecule has 1 unspecified atom stereocenters. The van der Waals surface area contributed by atoms with Crippen LogP contribution in [0.15, 0.2) is 48.5 Å². The first-order chi connectivity index (χ1) is 11.6. The summed E-state index contributed by atoms with van der Waals surface area (Å²) in [7, 11) is 3.15. The Morgan fingerprint density at radius 3 is 2.54 bits per heavy atom. The molecule has 5 heteroatoms. The van der Waals surface area contributed by atoms with E-state index in [1.165, 1.54) is 12.1 Å². The number of halogens is 1. The summed E-state index contributed by atoms with van der Waals surface area (Å²) in [6, 6.07) is 11.6. The molecule has 0 saturated carbocycles. The molecule has 0 aliphatic rings. The molecule has 0 fully saturated rings. The summed E-state index contributed by atoms with van der Waals surface area (Å²) in [6.45, 7) is 0.956. The van der Waals surface area contributed by atoms with Crippen molar-refractivity contribution in [2.75, 3.05) is 27.3 Å². The van der Waals surface area contributed by atoms with Crippen molar-refractivity contribution >= 4 is 6.08 Å². The molecule has 0 bridgehead atoms. The van der Waals surface area contributed by atoms with Gasteiger partial charge in [0.25, 0.3) is 0 Å². The maximum atomic E-state index is 12.8. The summed E-state index contributed by atoms with van der Waals surface area (Å²) >= 11 is 0. The van der Waals surface area contributed by atoms with Gasteiger partial charge < -0.3 is 19.9 Å². The van der Waals surface area contributed by atoms with Gasteiger partial charge in [-0.3, -0.25) is 0 Å². The molecule has 0 amide bonds. The summed E-state index contributed by atoms with van der Waals surface area (Å²) in [4.78, 5) is 0. The van der Waals surface area contributed by atoms with Crippen LogP contribution in [-0.4, -0.2) is 32.4 Å². The summed E-state index contributed by atoms with van der Waals surface area (Å²) in [5.74, 6) is 1.04. The highest BCUT2D eigenvalue weighted by molar-refractivity contribution is 5.49. The van der Waals surface area contributed by atoms with Crippen molar-refractivity contribution in [1.82, 2.24) is 5.32 Å². The average Bonchev–Trinajstić information content (AvgIpc) is 2.62. The van der Waals surface area contributed by atoms with Gasteiger partial charge in [0.15, 0.2) is 0 Å². The summed E-state index contributed by atoms with van der Waals surface area (Å²) < 4.78 is 23.3. The van der Waals surface area contributed by atoms with Gasteiger partial charge in [0.2, 0.25) is 0 Å². The van der Waals surface area contributed by atoms with E-state index in [2.05, 4.69) is 5.32 Å². The van der Waals surface area contributed by atoms with E-state index in [9.17, 15) is 9.50 Å². The van der Waals surface area contributed by atoms with Crippen molar-refractivity contribution in [2.24, 2.45) is 0 Å². The van der Waals surface area contributed by atoms with Crippen molar-refractivity contribution in [2.45, 2.75) is 6.10 Å². The molecule has 1 atom stereocenters. The molecule has 0 spiro atoms. The first-order valence-electron chi connectivity index (χ1n) is 7.67. The number of aliphatic hydroxyl groups excluding tert-OH is 1. The van der Waals surface area contributed by atoms with Gasteiger partial charge in [-0.25, -0.2) is 4.39 Å². The zero-order valence-electron chi connectivity index (χ0n) is 13.8. The van der Waals surface area contributed by atoms with Crippen LogP contribution in [0, 0.1) is 5.82 Å². The highest BCUT2D eigenvalue weighted by Crippen LogP contribution is 2.28. The molecule has 0 radical (unpaired) electrons. The van der Waals surface area contributed by atoms with Crippen LogP contribution in [0.1, 0.15) is 17.2 Å². The second-order valence-electron chi connectivity index (χ2n) is 5.24. The molecule has 2 N–H and O–H groups in total. The third kappa shape index (κ3) is 5.08. The van der Waals surface area contributed by atoms with Gasteiger partial charge in [-0.15, -0.1) is 0 Å². The second-order valence-corrected chi connectivity index (χ2v) is 5.24. The molecule has 2 rings (SSSR count). The first-order valence-corrected chi connectivity index (χ1v) is 7.67. The molecular weight excluding hydrogens is 309 g/mol. The predicted molar refractivity (Wildman–Crippen MR) is 92.8 cm³/mol. The van der Waals surface area contributed by atoms with Gasteiger partial charge in [-0.2, -0.15) is 0 Å². The van der Waals surface area contributed by atoms with Crippen LogP contribution in [0.25, 0.3) is 6.08 Å². The highest BCUT2D eigenvalue weighted by Gasteiger charge is 2.13. The fourth-order valence-electron chi connectivity index (χ4n) is 2.28. The van der Waals surface area contributed by atoms with Gasteiger partial charge in [0.05, 0.1) is 20.3 Å². The molecule has 0 saturated heterocycles. The lowest BCUT2D eigenvalue weighted by Crippen LogP contribution is -2.21. The van der Waals surface area contributed by atoms with Crippen LogP contribution in [-0.2, 0) is 0 Å². The number of benzene rings is 2. The van der Waals surface area contributed by atoms with Gasteiger partial charge in [0.1, 0.15) is 17.3 Å². The number of aliphatic hydroxyl groups is 1. The molecule has 24 heavy (non-hydrogen) atoms. The Balaban J connectivity index is 1.86. The smallest absolute Gasteiger partial charge is 0.124 e. The van der Waals surface area contributed by atoms with Crippen LogP contribution in [0.3, 0.4) is 0 Å². The maximum absolute atomic E-state index is 12.8. The Morgan fingerprint density at radius 2 is 1.88 bits per heavy atom. The van der Waals surface area contributed by atoms with Gasteiger partial charge in [0, 0.05) is 18.7 Å². The van der Waals surface area contributed by atoms with E-state index in [-0.39, 0.29) is 5.82 Å². The zero-order chi connectivity index (χ0) is 17.4. The third-order valence-corrected chi connectivity index (χ3v) is 3.58. The van der Waals surface area contributed by atoms with Crippen molar-refractivity contribution in [3.63, 3.8) is 0 Å². The third-order valence-electron chi connectivity index (χ3n) is 3.58. The minimum absolute atomic E-state index is 0.249. The molecule has 2 aromatic carbocycles. The minimum atomic E-state index is -0.714. The summed E-state index contributed by atoms with van der Waals surface area (Å²) in [5, 5.41) is 13.5. The quantitative estimate of drug-likeness (QED) is 0.730. The normalized spacial score (nSPS) is 12.3. The van der Waals surface area contributed by atoms with Crippen molar-refractivity contribution in [3.05, 3.63) is 65.5 Å². The molecule has 0 aliphatic heterocycles. The molecule has 4 nitrogen and oxygen atoms in total. The number of hydrogen-bond donors (Lipinski definition) is 2. The number of rotatable bonds is 8. The number of methoxy groups -OCH3 is 2. The standard InChI is InChI=1S/C19H22FNO3/c1-23-16-9-10-19(24-2)17(12-16)18(22)13-21-11-3-4-14-5-7-15(20)8-6-14/h3-10,12,18,21-22H,11,13H2,1-2H3/b4-3+. The average molecular weight is 331 g/mol. The molecular formula is C19H22FNO3. The Labute approximate surface area is 141 Å². The van der Waals surface area contributed by atoms with Crippen LogP contribution in [0.4, 0.5) is 4.39 Å². The van der Waals surface area contributed by atoms with Crippen LogP contribution in [0.5, 0.6) is 11.5 Å². The fourth-order valence-corrected chi connectivity index (χ4v) is 2.28. The lowest BCUT2D eigenvalue weighted by atomic mass is 10.1. The van der Waals surface area contributed by atoms with Crippen LogP contribution in [0.2, 0.25) is 0 Å². The van der Waals surface area contributed by atoms with E-state index in [4.69, 9.17) is 9.47 Å². The Morgan fingerprint density at radius 1 is 1.12 bits per heavy atom. The summed E-state index contributed by atoms with van der Waals surface area (Å²) in [5.41, 5.74) is 1.60. The topological polar surface area (TPSA) is 50.7 Å². The molecule has 0 aromatic heterocycles. The van der Waals surface area contributed by atoms with Gasteiger partial charge >= 0.3 is 0 Å². The van der Waals surface area contributed by atoms with E-state index < -0.39 is 6.10 Å². The van der Waals surface area contributed by atoms with E-state index in [0.29, 0.717) is 30.2 Å². The van der Waals surface area contributed by atoms with Gasteiger partial charge in [-0.05, 0) is 35.9 Å². The fraction of sp³-hybridized carbons (Fsp3) is 0.263. The maximum Gasteiger partial charge on any atom is 0.124 e. The Bertz CT molecular complexity index is 671. The molecule has 0 heterocycles. The number of ether oxygens (including phenoxy) is 2. The number of hydrogen-bond acceptors (Lipinski definition) is 4. The largest absolute Gasteiger partial charge is 0.497 e. The van der Waals surface area contributed by atoms with E-state index in [0.717, 1.165) is 5.56 Å². The molecule has 2 aromatic rings. The lowest BCUT2D eigenvalue weighted by molar-refractivity contribution is 0.171. The molecule has 128 valence electrons. The first kappa shape index (κ1) is 18.0. The van der Waals surface area contributed by atoms with E-state index >= 15 is 0 Å². The highest BCUT2D eigenvalue weighted by atomic mass is 19.1. The minimum Gasteiger partial charge on any atom is -0.497 e. The van der Waals surface area contributed by atoms with Crippen LogP contribution >= 0.6 is 0 Å². The van der Waals surface area contributed by atoms with Crippen molar-refractivity contribution < 1.29 is 19.0 Å². The number of nitrogens with one attached hydrogen (secondary N) is 1. The SMILES string of the molecule is COc1ccc(OC)c(C(O)CNC/C=C/c2ccc(F)cc2)c1. The van der Waals surface area contributed by atoms with E-state index in [1.54, 1.807) is 44.6 Å². The second kappa shape index (κ2) is 9.05. The monoisotopic (exact) mass is 331 g/mol. The van der Waals surface area contributed by atoms with Crippen LogP contribution < -0.4 is 14.8 Å². The van der Waals surface area contributed by atoms with E-state index in [1.807, 2.05) is 12.2 Å². The van der Waals surface area contributed by atoms with Gasteiger partial charge in [-0.1, -0.05) is 24.3 Å².